The molecule has 32 heavy (non-hydrogen) atoms. The summed E-state index contributed by atoms with van der Waals surface area (Å²) in [5.74, 6) is 1.31. The van der Waals surface area contributed by atoms with E-state index in [-0.39, 0.29) is 59.5 Å². The number of likely N-dealkylation sites (tertiary alicyclic amines) is 1. The second kappa shape index (κ2) is 13.5. The Bertz CT molecular complexity index is 651. The van der Waals surface area contributed by atoms with Crippen LogP contribution < -0.4 is 10.6 Å². The van der Waals surface area contributed by atoms with E-state index in [0.717, 1.165) is 31.9 Å². The zero-order valence-electron chi connectivity index (χ0n) is 20.0. The summed E-state index contributed by atoms with van der Waals surface area (Å²) in [7, 11) is 4.25. The van der Waals surface area contributed by atoms with Gasteiger partial charge < -0.3 is 15.5 Å². The number of hydrogen-bond donors (Lipinski definition) is 2. The maximum Gasteiger partial charge on any atom is 0.233 e. The predicted molar refractivity (Wildman–Crippen MR) is 140 cm³/mol. The number of imide groups is 1. The average molecular weight is 560 g/mol. The van der Waals surface area contributed by atoms with Crippen LogP contribution in [0.4, 0.5) is 0 Å². The Balaban J connectivity index is 0.00000363. The standard InChI is InChI=1S/C24H41N5O2.HI/c1-4-25-24(26-13-8-6-5-7-9-15-28(2)3)27-14-10-16-29-22(30)20-18-11-12-19(17-18)21(20)23(29)31;/h11-12,18-21H,4-10,13-17H2,1-3H3,(H2,25,26,27);1H. The minimum absolute atomic E-state index is 0. The summed E-state index contributed by atoms with van der Waals surface area (Å²) in [6.07, 6.45) is 12.2. The van der Waals surface area contributed by atoms with Crippen molar-refractivity contribution < 1.29 is 9.59 Å². The lowest BCUT2D eigenvalue weighted by Gasteiger charge is -2.17. The second-order valence-electron chi connectivity index (χ2n) is 9.44. The molecule has 4 atom stereocenters. The number of hydrogen-bond acceptors (Lipinski definition) is 4. The molecule has 0 spiro atoms. The largest absolute Gasteiger partial charge is 0.357 e. The van der Waals surface area contributed by atoms with Crippen LogP contribution in [-0.2, 0) is 9.59 Å². The molecular weight excluding hydrogens is 517 g/mol. The number of halogens is 1. The summed E-state index contributed by atoms with van der Waals surface area (Å²) < 4.78 is 0. The van der Waals surface area contributed by atoms with Crippen molar-refractivity contribution in [1.29, 1.82) is 0 Å². The molecule has 0 radical (unpaired) electrons. The van der Waals surface area contributed by atoms with Gasteiger partial charge in [0.25, 0.3) is 0 Å². The number of guanidine groups is 1. The molecule has 182 valence electrons. The van der Waals surface area contributed by atoms with Crippen molar-refractivity contribution in [1.82, 2.24) is 20.4 Å². The summed E-state index contributed by atoms with van der Waals surface area (Å²) in [5, 5.41) is 6.69. The van der Waals surface area contributed by atoms with Gasteiger partial charge in [-0.15, -0.1) is 24.0 Å². The van der Waals surface area contributed by atoms with E-state index in [1.165, 1.54) is 37.1 Å². The molecule has 7 nitrogen and oxygen atoms in total. The molecule has 2 bridgehead atoms. The van der Waals surface area contributed by atoms with Gasteiger partial charge in [0.1, 0.15) is 0 Å². The number of carbonyl (C=O) groups is 2. The lowest BCUT2D eigenvalue weighted by molar-refractivity contribution is -0.140. The van der Waals surface area contributed by atoms with Crippen molar-refractivity contribution in [2.45, 2.75) is 51.9 Å². The minimum atomic E-state index is -0.0899. The van der Waals surface area contributed by atoms with Gasteiger partial charge in [0.2, 0.25) is 11.8 Å². The summed E-state index contributed by atoms with van der Waals surface area (Å²) in [5.41, 5.74) is 0. The molecule has 8 heteroatoms. The molecule has 2 aliphatic carbocycles. The number of allylic oxidation sites excluding steroid dienone is 2. The Morgan fingerprint density at radius 3 is 2.25 bits per heavy atom. The van der Waals surface area contributed by atoms with E-state index in [1.54, 1.807) is 0 Å². The van der Waals surface area contributed by atoms with Gasteiger partial charge in [0, 0.05) is 26.2 Å². The van der Waals surface area contributed by atoms with Crippen molar-refractivity contribution in [2.75, 3.05) is 46.8 Å². The molecule has 0 aromatic heterocycles. The number of nitrogens with zero attached hydrogens (tertiary/aromatic N) is 3. The van der Waals surface area contributed by atoms with Gasteiger partial charge in [-0.05, 0) is 65.1 Å². The Kier molecular flexibility index (Phi) is 11.4. The van der Waals surface area contributed by atoms with Gasteiger partial charge in [-0.2, -0.15) is 0 Å². The van der Waals surface area contributed by atoms with Gasteiger partial charge in [-0.25, -0.2) is 0 Å². The smallest absolute Gasteiger partial charge is 0.233 e. The monoisotopic (exact) mass is 559 g/mol. The van der Waals surface area contributed by atoms with Crippen LogP contribution in [0, 0.1) is 23.7 Å². The highest BCUT2D eigenvalue weighted by molar-refractivity contribution is 14.0. The Morgan fingerprint density at radius 1 is 1.00 bits per heavy atom. The lowest BCUT2D eigenvalue weighted by atomic mass is 9.85. The number of aliphatic imine (C=N–C) groups is 1. The maximum atomic E-state index is 12.7. The van der Waals surface area contributed by atoms with E-state index in [1.807, 2.05) is 0 Å². The first kappa shape index (κ1) is 27.1. The molecule has 2 fully saturated rings. The van der Waals surface area contributed by atoms with E-state index in [0.29, 0.717) is 19.5 Å². The third-order valence-electron chi connectivity index (χ3n) is 6.79. The number of unbranched alkanes of at least 4 members (excludes halogenated alkanes) is 4. The molecule has 0 aromatic carbocycles. The van der Waals surface area contributed by atoms with Crippen LogP contribution in [-0.4, -0.2) is 74.4 Å². The zero-order chi connectivity index (χ0) is 22.2. The molecule has 1 heterocycles. The Morgan fingerprint density at radius 2 is 1.62 bits per heavy atom. The highest BCUT2D eigenvalue weighted by Gasteiger charge is 2.58. The Labute approximate surface area is 210 Å². The summed E-state index contributed by atoms with van der Waals surface area (Å²) >= 11 is 0. The van der Waals surface area contributed by atoms with E-state index in [9.17, 15) is 9.59 Å². The highest BCUT2D eigenvalue weighted by Crippen LogP contribution is 2.52. The fourth-order valence-electron chi connectivity index (χ4n) is 5.24. The van der Waals surface area contributed by atoms with Gasteiger partial charge >= 0.3 is 0 Å². The normalized spacial score (nSPS) is 26.1. The van der Waals surface area contributed by atoms with Gasteiger partial charge in [-0.1, -0.05) is 31.4 Å². The predicted octanol–water partition coefficient (Wildman–Crippen LogP) is 2.87. The van der Waals surface area contributed by atoms with Crippen LogP contribution >= 0.6 is 24.0 Å². The van der Waals surface area contributed by atoms with Crippen LogP contribution in [0.3, 0.4) is 0 Å². The van der Waals surface area contributed by atoms with Crippen LogP contribution in [0.5, 0.6) is 0 Å². The van der Waals surface area contributed by atoms with E-state index in [4.69, 9.17) is 0 Å². The molecular formula is C24H42IN5O2. The quantitative estimate of drug-likeness (QED) is 0.0907. The van der Waals surface area contributed by atoms with Crippen LogP contribution in [0.1, 0.15) is 51.9 Å². The summed E-state index contributed by atoms with van der Waals surface area (Å²) in [4.78, 5) is 33.8. The van der Waals surface area contributed by atoms with E-state index >= 15 is 0 Å². The third kappa shape index (κ3) is 6.92. The van der Waals surface area contributed by atoms with Crippen LogP contribution in [0.2, 0.25) is 0 Å². The lowest BCUT2D eigenvalue weighted by Crippen LogP contribution is -2.38. The van der Waals surface area contributed by atoms with Crippen molar-refractivity contribution >= 4 is 41.8 Å². The zero-order valence-corrected chi connectivity index (χ0v) is 22.3. The molecule has 1 aliphatic heterocycles. The Hall–Kier alpha value is -1.16. The first-order chi connectivity index (χ1) is 15.0. The van der Waals surface area contributed by atoms with Gasteiger partial charge in [0.15, 0.2) is 5.96 Å². The second-order valence-corrected chi connectivity index (χ2v) is 9.44. The maximum absolute atomic E-state index is 12.7. The fraction of sp³-hybridized carbons (Fsp3) is 0.792. The number of rotatable bonds is 13. The first-order valence-electron chi connectivity index (χ1n) is 12.2. The van der Waals surface area contributed by atoms with E-state index in [2.05, 4.69) is 53.7 Å². The van der Waals surface area contributed by atoms with Crippen molar-refractivity contribution in [3.8, 4) is 0 Å². The molecule has 1 saturated carbocycles. The molecule has 2 N–H and O–H groups in total. The third-order valence-corrected chi connectivity index (χ3v) is 6.79. The van der Waals surface area contributed by atoms with E-state index < -0.39 is 0 Å². The fourth-order valence-corrected chi connectivity index (χ4v) is 5.24. The van der Waals surface area contributed by atoms with Crippen molar-refractivity contribution in [2.24, 2.45) is 28.7 Å². The van der Waals surface area contributed by atoms with Gasteiger partial charge in [-0.3, -0.25) is 19.5 Å². The van der Waals surface area contributed by atoms with Crippen LogP contribution in [0.15, 0.2) is 17.1 Å². The minimum Gasteiger partial charge on any atom is -0.357 e. The molecule has 3 rings (SSSR count). The van der Waals surface area contributed by atoms with Crippen molar-refractivity contribution in [3.05, 3.63) is 12.2 Å². The number of fused-ring (bicyclic) bond motifs is 5. The molecule has 1 saturated heterocycles. The molecule has 3 aliphatic rings. The highest BCUT2D eigenvalue weighted by atomic mass is 127. The molecule has 4 unspecified atom stereocenters. The average Bonchev–Trinajstić information content (AvgIpc) is 3.42. The molecule has 0 aromatic rings. The summed E-state index contributed by atoms with van der Waals surface area (Å²) in [6.45, 7) is 6.06. The number of amides is 2. The topological polar surface area (TPSA) is 77.0 Å². The van der Waals surface area contributed by atoms with Crippen LogP contribution in [0.25, 0.3) is 0 Å². The number of nitrogens with one attached hydrogen (secondary N) is 2. The van der Waals surface area contributed by atoms with Crippen molar-refractivity contribution in [3.63, 3.8) is 0 Å². The number of carbonyl (C=O) groups excluding carboxylic acids is 2. The van der Waals surface area contributed by atoms with Gasteiger partial charge in [0.05, 0.1) is 11.8 Å². The first-order valence-corrected chi connectivity index (χ1v) is 12.2. The summed E-state index contributed by atoms with van der Waals surface area (Å²) in [6, 6.07) is 0. The SMILES string of the molecule is CCNC(=NCCCN1C(=O)C2C3C=CC(C3)C2C1=O)NCCCCCCCN(C)C.I. The molecule has 2 amide bonds.